The molecule has 1 aliphatic rings. The van der Waals surface area contributed by atoms with Crippen LogP contribution in [-0.4, -0.2) is 9.97 Å². The number of aromatic nitrogens is 2. The summed E-state index contributed by atoms with van der Waals surface area (Å²) in [5.74, 6) is 2.16. The first-order chi connectivity index (χ1) is 6.66. The summed E-state index contributed by atoms with van der Waals surface area (Å²) < 4.78 is 0. The molecule has 3 nitrogen and oxygen atoms in total. The summed E-state index contributed by atoms with van der Waals surface area (Å²) in [5.41, 5.74) is 7.68. The average Bonchev–Trinajstić information content (AvgIpc) is 2.90. The van der Waals surface area contributed by atoms with Crippen molar-refractivity contribution in [1.29, 1.82) is 0 Å². The van der Waals surface area contributed by atoms with Crippen LogP contribution in [0.3, 0.4) is 0 Å². The Balaban J connectivity index is 2.21. The quantitative estimate of drug-likeness (QED) is 0.796. The Bertz CT molecular complexity index is 329. The number of rotatable bonds is 3. The molecule has 0 aliphatic heterocycles. The van der Waals surface area contributed by atoms with Crippen molar-refractivity contribution >= 4 is 5.69 Å². The molecule has 2 N–H and O–H groups in total. The van der Waals surface area contributed by atoms with Gasteiger partial charge in [-0.15, -0.1) is 0 Å². The lowest BCUT2D eigenvalue weighted by molar-refractivity contribution is 0.617. The smallest absolute Gasteiger partial charge is 0.128 e. The van der Waals surface area contributed by atoms with Crippen molar-refractivity contribution in [1.82, 2.24) is 9.97 Å². The van der Waals surface area contributed by atoms with Crippen LogP contribution in [0.5, 0.6) is 0 Å². The summed E-state index contributed by atoms with van der Waals surface area (Å²) in [7, 11) is 0. The number of nitrogens with two attached hydrogens (primary N) is 1. The lowest BCUT2D eigenvalue weighted by atomic mass is 10.1. The van der Waals surface area contributed by atoms with Gasteiger partial charge >= 0.3 is 0 Å². The highest BCUT2D eigenvalue weighted by molar-refractivity contribution is 5.44. The van der Waals surface area contributed by atoms with Crippen LogP contribution in [0.25, 0.3) is 0 Å². The van der Waals surface area contributed by atoms with Gasteiger partial charge in [0.1, 0.15) is 5.82 Å². The molecule has 0 atom stereocenters. The lowest BCUT2D eigenvalue weighted by Crippen LogP contribution is -2.05. The van der Waals surface area contributed by atoms with E-state index in [0.29, 0.717) is 11.8 Å². The van der Waals surface area contributed by atoms with E-state index in [1.807, 2.05) is 0 Å². The first-order valence-electron chi connectivity index (χ1n) is 5.28. The SMILES string of the molecule is CC(C)Cc1ncc(N)c(C2CC2)n1. The highest BCUT2D eigenvalue weighted by atomic mass is 14.9. The Kier molecular flexibility index (Phi) is 2.40. The zero-order chi connectivity index (χ0) is 10.1. The van der Waals surface area contributed by atoms with E-state index in [4.69, 9.17) is 5.73 Å². The van der Waals surface area contributed by atoms with Gasteiger partial charge in [-0.1, -0.05) is 13.8 Å². The van der Waals surface area contributed by atoms with Gasteiger partial charge < -0.3 is 5.73 Å². The normalized spacial score (nSPS) is 16.2. The molecule has 76 valence electrons. The maximum Gasteiger partial charge on any atom is 0.128 e. The molecule has 1 saturated carbocycles. The lowest BCUT2D eigenvalue weighted by Gasteiger charge is -2.07. The Morgan fingerprint density at radius 1 is 1.50 bits per heavy atom. The van der Waals surface area contributed by atoms with Gasteiger partial charge in [-0.3, -0.25) is 0 Å². The second-order valence-corrected chi connectivity index (χ2v) is 4.50. The number of hydrogen-bond donors (Lipinski definition) is 1. The zero-order valence-electron chi connectivity index (χ0n) is 8.83. The average molecular weight is 191 g/mol. The summed E-state index contributed by atoms with van der Waals surface area (Å²) in [6.07, 6.45) is 5.18. The number of hydrogen-bond acceptors (Lipinski definition) is 3. The van der Waals surface area contributed by atoms with E-state index in [2.05, 4.69) is 23.8 Å². The molecule has 0 amide bonds. The fraction of sp³-hybridized carbons (Fsp3) is 0.636. The second-order valence-electron chi connectivity index (χ2n) is 4.50. The van der Waals surface area contributed by atoms with E-state index >= 15 is 0 Å². The van der Waals surface area contributed by atoms with Gasteiger partial charge in [0, 0.05) is 12.3 Å². The first kappa shape index (κ1) is 9.44. The Hall–Kier alpha value is -1.12. The topological polar surface area (TPSA) is 51.8 Å². The third kappa shape index (κ3) is 2.03. The van der Waals surface area contributed by atoms with Crippen LogP contribution in [0, 0.1) is 5.92 Å². The van der Waals surface area contributed by atoms with Gasteiger partial charge in [0.05, 0.1) is 17.6 Å². The fourth-order valence-corrected chi connectivity index (χ4v) is 1.59. The Labute approximate surface area is 84.8 Å². The van der Waals surface area contributed by atoms with E-state index < -0.39 is 0 Å². The molecule has 1 fully saturated rings. The van der Waals surface area contributed by atoms with Gasteiger partial charge in [-0.05, 0) is 18.8 Å². The van der Waals surface area contributed by atoms with Crippen LogP contribution in [-0.2, 0) is 6.42 Å². The number of nitrogen functional groups attached to an aromatic ring is 1. The molecule has 2 rings (SSSR count). The van der Waals surface area contributed by atoms with Gasteiger partial charge in [-0.2, -0.15) is 0 Å². The van der Waals surface area contributed by atoms with Crippen LogP contribution in [0.15, 0.2) is 6.20 Å². The van der Waals surface area contributed by atoms with Crippen molar-refractivity contribution in [3.63, 3.8) is 0 Å². The molecule has 0 aromatic carbocycles. The van der Waals surface area contributed by atoms with Gasteiger partial charge in [-0.25, -0.2) is 9.97 Å². The van der Waals surface area contributed by atoms with Crippen molar-refractivity contribution in [2.75, 3.05) is 5.73 Å². The molecule has 1 aromatic rings. The highest BCUT2D eigenvalue weighted by Gasteiger charge is 2.27. The first-order valence-corrected chi connectivity index (χ1v) is 5.28. The minimum Gasteiger partial charge on any atom is -0.396 e. The maximum absolute atomic E-state index is 5.84. The van der Waals surface area contributed by atoms with Crippen LogP contribution in [0.4, 0.5) is 5.69 Å². The Morgan fingerprint density at radius 3 is 2.79 bits per heavy atom. The highest BCUT2D eigenvalue weighted by Crippen LogP contribution is 2.41. The molecule has 0 unspecified atom stereocenters. The van der Waals surface area contributed by atoms with E-state index in [0.717, 1.165) is 23.6 Å². The molecular formula is C11H17N3. The van der Waals surface area contributed by atoms with Gasteiger partial charge in [0.15, 0.2) is 0 Å². The summed E-state index contributed by atoms with van der Waals surface area (Å²) in [5, 5.41) is 0. The van der Waals surface area contributed by atoms with Gasteiger partial charge in [0.25, 0.3) is 0 Å². The maximum atomic E-state index is 5.84. The summed E-state index contributed by atoms with van der Waals surface area (Å²) in [4.78, 5) is 8.79. The monoisotopic (exact) mass is 191 g/mol. The molecule has 0 radical (unpaired) electrons. The molecule has 0 saturated heterocycles. The predicted molar refractivity (Wildman–Crippen MR) is 57.0 cm³/mol. The van der Waals surface area contributed by atoms with Gasteiger partial charge in [0.2, 0.25) is 0 Å². The third-order valence-corrected chi connectivity index (χ3v) is 2.45. The minimum absolute atomic E-state index is 0.602. The third-order valence-electron chi connectivity index (χ3n) is 2.45. The van der Waals surface area contributed by atoms with Crippen LogP contribution >= 0.6 is 0 Å². The van der Waals surface area contributed by atoms with Crippen LogP contribution < -0.4 is 5.73 Å². The summed E-state index contributed by atoms with van der Waals surface area (Å²) in [6.45, 7) is 4.35. The number of anilines is 1. The minimum atomic E-state index is 0.602. The Morgan fingerprint density at radius 2 is 2.21 bits per heavy atom. The molecule has 1 heterocycles. The predicted octanol–water partition coefficient (Wildman–Crippen LogP) is 2.13. The van der Waals surface area contributed by atoms with E-state index in [9.17, 15) is 0 Å². The molecule has 14 heavy (non-hydrogen) atoms. The summed E-state index contributed by atoms with van der Waals surface area (Å²) in [6, 6.07) is 0. The fourth-order valence-electron chi connectivity index (χ4n) is 1.59. The van der Waals surface area contributed by atoms with Crippen molar-refractivity contribution in [3.8, 4) is 0 Å². The largest absolute Gasteiger partial charge is 0.396 e. The van der Waals surface area contributed by atoms with E-state index in [1.54, 1.807) is 6.20 Å². The molecule has 0 spiro atoms. The molecule has 1 aliphatic carbocycles. The van der Waals surface area contributed by atoms with Crippen LogP contribution in [0.1, 0.15) is 44.1 Å². The van der Waals surface area contributed by atoms with Crippen molar-refractivity contribution in [2.24, 2.45) is 5.92 Å². The number of nitrogens with zero attached hydrogens (tertiary/aromatic N) is 2. The second kappa shape index (κ2) is 3.56. The van der Waals surface area contributed by atoms with E-state index in [1.165, 1.54) is 12.8 Å². The van der Waals surface area contributed by atoms with E-state index in [-0.39, 0.29) is 0 Å². The van der Waals surface area contributed by atoms with Crippen molar-refractivity contribution in [2.45, 2.75) is 39.0 Å². The van der Waals surface area contributed by atoms with Crippen molar-refractivity contribution in [3.05, 3.63) is 17.7 Å². The molecular weight excluding hydrogens is 174 g/mol. The van der Waals surface area contributed by atoms with Crippen molar-refractivity contribution < 1.29 is 0 Å². The zero-order valence-corrected chi connectivity index (χ0v) is 8.83. The van der Waals surface area contributed by atoms with Crippen LogP contribution in [0.2, 0.25) is 0 Å². The molecule has 3 heteroatoms. The standard InChI is InChI=1S/C11H17N3/c1-7(2)5-10-13-6-9(12)11(14-10)8-3-4-8/h6-8H,3-5,12H2,1-2H3. The summed E-state index contributed by atoms with van der Waals surface area (Å²) >= 11 is 0. The molecule has 0 bridgehead atoms. The molecule has 1 aromatic heterocycles.